The third kappa shape index (κ3) is 3.13. The first-order valence-corrected chi connectivity index (χ1v) is 7.85. The van der Waals surface area contributed by atoms with Crippen LogP contribution in [0.1, 0.15) is 18.5 Å². The van der Waals surface area contributed by atoms with Crippen LogP contribution < -0.4 is 16.4 Å². The first-order chi connectivity index (χ1) is 11.3. The van der Waals surface area contributed by atoms with Gasteiger partial charge in [-0.05, 0) is 30.7 Å². The van der Waals surface area contributed by atoms with E-state index in [2.05, 4.69) is 19.9 Å². The number of halogens is 2. The zero-order valence-electron chi connectivity index (χ0n) is 13.0. The van der Waals surface area contributed by atoms with Crippen molar-refractivity contribution in [3.63, 3.8) is 0 Å². The molecule has 0 bridgehead atoms. The largest absolute Gasteiger partial charge is 0.383 e. The fourth-order valence-electron chi connectivity index (χ4n) is 2.33. The molecule has 1 atom stereocenters. The molecule has 0 fully saturated rings. The SMILES string of the molecule is C[C@@H](c1cc(Cl)cc(Cl)c1)N(C)c1ncc2c(N)nc(N)nc2n1. The van der Waals surface area contributed by atoms with Crippen molar-refractivity contribution < 1.29 is 0 Å². The van der Waals surface area contributed by atoms with E-state index in [0.29, 0.717) is 27.0 Å². The van der Waals surface area contributed by atoms with Crippen molar-refractivity contribution >= 4 is 51.9 Å². The van der Waals surface area contributed by atoms with Gasteiger partial charge >= 0.3 is 0 Å². The summed E-state index contributed by atoms with van der Waals surface area (Å²) in [6, 6.07) is 5.34. The summed E-state index contributed by atoms with van der Waals surface area (Å²) in [7, 11) is 1.87. The lowest BCUT2D eigenvalue weighted by molar-refractivity contribution is 0.717. The first-order valence-electron chi connectivity index (χ1n) is 7.09. The number of hydrogen-bond donors (Lipinski definition) is 2. The minimum absolute atomic E-state index is 0.0600. The number of nitrogen functional groups attached to an aromatic ring is 2. The standard InChI is InChI=1S/C15H15Cl2N7/c1-7(8-3-9(16)5-10(17)4-8)24(2)15-20-6-11-12(18)21-14(19)22-13(11)23-15/h3-7H,1-2H3,(H4,18,19,20,21,22,23)/t7-/m0/s1. The Labute approximate surface area is 148 Å². The number of rotatable bonds is 3. The molecule has 24 heavy (non-hydrogen) atoms. The van der Waals surface area contributed by atoms with E-state index in [1.54, 1.807) is 12.3 Å². The highest BCUT2D eigenvalue weighted by atomic mass is 35.5. The summed E-state index contributed by atoms with van der Waals surface area (Å²) in [6.07, 6.45) is 1.58. The van der Waals surface area contributed by atoms with Gasteiger partial charge in [-0.3, -0.25) is 0 Å². The van der Waals surface area contributed by atoms with Gasteiger partial charge in [-0.2, -0.15) is 15.0 Å². The lowest BCUT2D eigenvalue weighted by Crippen LogP contribution is -2.24. The van der Waals surface area contributed by atoms with Crippen molar-refractivity contribution in [2.45, 2.75) is 13.0 Å². The molecule has 0 aliphatic heterocycles. The van der Waals surface area contributed by atoms with Crippen LogP contribution in [0.3, 0.4) is 0 Å². The van der Waals surface area contributed by atoms with E-state index in [9.17, 15) is 0 Å². The van der Waals surface area contributed by atoms with Crippen LogP contribution in [0.5, 0.6) is 0 Å². The van der Waals surface area contributed by atoms with Crippen LogP contribution in [0.4, 0.5) is 17.7 Å². The maximum absolute atomic E-state index is 6.08. The molecule has 7 nitrogen and oxygen atoms in total. The predicted molar refractivity (Wildman–Crippen MR) is 97.2 cm³/mol. The van der Waals surface area contributed by atoms with Crippen molar-refractivity contribution in [3.05, 3.63) is 40.0 Å². The summed E-state index contributed by atoms with van der Waals surface area (Å²) in [5.74, 6) is 0.798. The molecule has 0 radical (unpaired) electrons. The predicted octanol–water partition coefficient (Wildman–Crippen LogP) is 3.09. The van der Waals surface area contributed by atoms with Gasteiger partial charge in [0.05, 0.1) is 11.4 Å². The van der Waals surface area contributed by atoms with Gasteiger partial charge in [0, 0.05) is 23.3 Å². The molecule has 0 saturated heterocycles. The third-order valence-electron chi connectivity index (χ3n) is 3.75. The fourth-order valence-corrected chi connectivity index (χ4v) is 2.87. The second-order valence-electron chi connectivity index (χ2n) is 5.36. The molecule has 0 amide bonds. The quantitative estimate of drug-likeness (QED) is 0.735. The number of hydrogen-bond acceptors (Lipinski definition) is 7. The second kappa shape index (κ2) is 6.26. The smallest absolute Gasteiger partial charge is 0.227 e. The van der Waals surface area contributed by atoms with E-state index < -0.39 is 0 Å². The average molecular weight is 364 g/mol. The highest BCUT2D eigenvalue weighted by Gasteiger charge is 2.17. The molecule has 3 rings (SSSR count). The molecule has 0 saturated carbocycles. The van der Waals surface area contributed by atoms with Gasteiger partial charge in [0.2, 0.25) is 11.9 Å². The minimum Gasteiger partial charge on any atom is -0.383 e. The Hall–Kier alpha value is -2.38. The van der Waals surface area contributed by atoms with Gasteiger partial charge in [0.1, 0.15) is 5.82 Å². The van der Waals surface area contributed by atoms with E-state index in [-0.39, 0.29) is 17.8 Å². The van der Waals surface area contributed by atoms with Crippen LogP contribution in [0.15, 0.2) is 24.4 Å². The molecule has 4 N–H and O–H groups in total. The molecule has 9 heteroatoms. The lowest BCUT2D eigenvalue weighted by Gasteiger charge is -2.25. The summed E-state index contributed by atoms with van der Waals surface area (Å²) in [4.78, 5) is 18.7. The summed E-state index contributed by atoms with van der Waals surface area (Å²) in [5.41, 5.74) is 12.8. The summed E-state index contributed by atoms with van der Waals surface area (Å²) in [5, 5.41) is 1.70. The van der Waals surface area contributed by atoms with Crippen molar-refractivity contribution in [1.29, 1.82) is 0 Å². The Morgan fingerprint density at radius 3 is 2.38 bits per heavy atom. The molecule has 0 unspecified atom stereocenters. The van der Waals surface area contributed by atoms with Crippen LogP contribution in [-0.2, 0) is 0 Å². The van der Waals surface area contributed by atoms with Gasteiger partial charge in [-0.25, -0.2) is 4.98 Å². The van der Waals surface area contributed by atoms with Gasteiger partial charge in [-0.15, -0.1) is 0 Å². The number of aromatic nitrogens is 4. The van der Waals surface area contributed by atoms with Crippen LogP contribution >= 0.6 is 23.2 Å². The molecule has 0 aliphatic rings. The highest BCUT2D eigenvalue weighted by Crippen LogP contribution is 2.28. The van der Waals surface area contributed by atoms with E-state index >= 15 is 0 Å². The van der Waals surface area contributed by atoms with E-state index in [4.69, 9.17) is 34.7 Å². The molecule has 2 aromatic heterocycles. The van der Waals surface area contributed by atoms with Crippen LogP contribution in [0, 0.1) is 0 Å². The Kier molecular flexibility index (Phi) is 4.29. The summed E-state index contributed by atoms with van der Waals surface area (Å²) in [6.45, 7) is 2.00. The topological polar surface area (TPSA) is 107 Å². The van der Waals surface area contributed by atoms with Crippen LogP contribution in [0.2, 0.25) is 10.0 Å². The van der Waals surface area contributed by atoms with Crippen molar-refractivity contribution in [2.24, 2.45) is 0 Å². The van der Waals surface area contributed by atoms with Gasteiger partial charge < -0.3 is 16.4 Å². The van der Waals surface area contributed by atoms with E-state index in [1.165, 1.54) is 0 Å². The van der Waals surface area contributed by atoms with Gasteiger partial charge in [0.15, 0.2) is 5.65 Å². The number of anilines is 3. The van der Waals surface area contributed by atoms with Gasteiger partial charge in [0.25, 0.3) is 0 Å². The molecular formula is C15H15Cl2N7. The average Bonchev–Trinajstić information content (AvgIpc) is 2.51. The number of benzene rings is 1. The van der Waals surface area contributed by atoms with E-state index in [0.717, 1.165) is 5.56 Å². The molecule has 124 valence electrons. The number of nitrogens with two attached hydrogens (primary N) is 2. The highest BCUT2D eigenvalue weighted by molar-refractivity contribution is 6.34. The lowest BCUT2D eigenvalue weighted by atomic mass is 10.1. The molecular weight excluding hydrogens is 349 g/mol. The molecule has 0 spiro atoms. The Morgan fingerprint density at radius 1 is 1.04 bits per heavy atom. The van der Waals surface area contributed by atoms with Crippen LogP contribution in [-0.4, -0.2) is 27.0 Å². The normalized spacial score (nSPS) is 12.3. The maximum atomic E-state index is 6.08. The van der Waals surface area contributed by atoms with Crippen molar-refractivity contribution in [2.75, 3.05) is 23.4 Å². The number of fused-ring (bicyclic) bond motifs is 1. The monoisotopic (exact) mass is 363 g/mol. The third-order valence-corrected chi connectivity index (χ3v) is 4.19. The molecule has 3 aromatic rings. The Morgan fingerprint density at radius 2 is 1.71 bits per heavy atom. The summed E-state index contributed by atoms with van der Waals surface area (Å²) < 4.78 is 0. The zero-order chi connectivity index (χ0) is 17.4. The maximum Gasteiger partial charge on any atom is 0.227 e. The zero-order valence-corrected chi connectivity index (χ0v) is 14.5. The summed E-state index contributed by atoms with van der Waals surface area (Å²) >= 11 is 12.2. The van der Waals surface area contributed by atoms with Crippen LogP contribution in [0.25, 0.3) is 11.0 Å². The molecule has 2 heterocycles. The Bertz CT molecular complexity index is 895. The van der Waals surface area contributed by atoms with E-state index in [1.807, 2.05) is 31.0 Å². The molecule has 1 aromatic carbocycles. The Balaban J connectivity index is 1.99. The number of nitrogens with zero attached hydrogens (tertiary/aromatic N) is 5. The van der Waals surface area contributed by atoms with Crippen molar-refractivity contribution in [1.82, 2.24) is 19.9 Å². The minimum atomic E-state index is -0.0600. The second-order valence-corrected chi connectivity index (χ2v) is 6.24. The first kappa shape index (κ1) is 16.5. The molecule has 0 aliphatic carbocycles. The van der Waals surface area contributed by atoms with Gasteiger partial charge in [-0.1, -0.05) is 23.2 Å². The van der Waals surface area contributed by atoms with Crippen molar-refractivity contribution in [3.8, 4) is 0 Å². The fraction of sp³-hybridized carbons (Fsp3) is 0.200.